The summed E-state index contributed by atoms with van der Waals surface area (Å²) >= 11 is 0. The number of rotatable bonds is 3. The lowest BCUT2D eigenvalue weighted by Gasteiger charge is -2.16. The molecule has 3 rings (SSSR count). The second-order valence-corrected chi connectivity index (χ2v) is 5.42. The number of aliphatic hydroxyl groups excluding tert-OH is 1. The number of nitrogens with zero attached hydrogens (tertiary/aromatic N) is 2. The minimum absolute atomic E-state index is 0.0378. The number of nitrogens with one attached hydrogen (secondary N) is 1. The summed E-state index contributed by atoms with van der Waals surface area (Å²) in [6, 6.07) is 0. The van der Waals surface area contributed by atoms with Crippen molar-refractivity contribution in [2.45, 2.75) is 25.9 Å². The van der Waals surface area contributed by atoms with Crippen LogP contribution in [0.5, 0.6) is 0 Å². The number of aromatic amines is 1. The van der Waals surface area contributed by atoms with Gasteiger partial charge in [0, 0.05) is 25.2 Å². The molecule has 2 heterocycles. The van der Waals surface area contributed by atoms with Gasteiger partial charge in [-0.2, -0.15) is 0 Å². The maximum absolute atomic E-state index is 11.7. The Labute approximate surface area is 112 Å². The predicted octanol–water partition coefficient (Wildman–Crippen LogP) is 0.412. The first-order valence-electron chi connectivity index (χ1n) is 6.85. The van der Waals surface area contributed by atoms with Gasteiger partial charge in [0.1, 0.15) is 0 Å². The van der Waals surface area contributed by atoms with Gasteiger partial charge < -0.3 is 10.1 Å². The molecule has 1 aliphatic heterocycles. The molecule has 0 unspecified atom stereocenters. The Bertz CT molecular complexity index is 564. The third-order valence-electron chi connectivity index (χ3n) is 4.21. The molecule has 1 aromatic rings. The van der Waals surface area contributed by atoms with Crippen molar-refractivity contribution in [3.63, 3.8) is 0 Å². The molecule has 0 aromatic carbocycles. The number of fused-ring (bicyclic) bond motifs is 1. The molecule has 0 amide bonds. The van der Waals surface area contributed by atoms with Crippen LogP contribution in [0.1, 0.15) is 24.6 Å². The van der Waals surface area contributed by atoms with E-state index >= 15 is 0 Å². The van der Waals surface area contributed by atoms with Gasteiger partial charge in [0.05, 0.1) is 18.1 Å². The fraction of sp³-hybridized carbons (Fsp3) is 0.571. The highest BCUT2D eigenvalue weighted by molar-refractivity contribution is 5.70. The molecule has 2 N–H and O–H groups in total. The number of hydrogen-bond acceptors (Lipinski definition) is 4. The molecule has 0 radical (unpaired) electrons. The highest BCUT2D eigenvalue weighted by Crippen LogP contribution is 2.26. The molecule has 1 fully saturated rings. The van der Waals surface area contributed by atoms with Gasteiger partial charge in [-0.15, -0.1) is 0 Å². The first kappa shape index (κ1) is 12.6. The largest absolute Gasteiger partial charge is 0.391 e. The number of H-pyrrole nitrogens is 1. The molecule has 2 atom stereocenters. The van der Waals surface area contributed by atoms with Crippen LogP contribution in [-0.2, 0) is 6.42 Å². The summed E-state index contributed by atoms with van der Waals surface area (Å²) in [5, 5.41) is 9.94. The average molecular weight is 261 g/mol. The van der Waals surface area contributed by atoms with Crippen LogP contribution >= 0.6 is 0 Å². The Morgan fingerprint density at radius 1 is 1.53 bits per heavy atom. The highest BCUT2D eigenvalue weighted by atomic mass is 16.3. The summed E-state index contributed by atoms with van der Waals surface area (Å²) in [5.41, 5.74) is 2.68. The van der Waals surface area contributed by atoms with Crippen LogP contribution in [0.25, 0.3) is 5.57 Å². The number of allylic oxidation sites excluding steroid dienone is 1. The van der Waals surface area contributed by atoms with E-state index in [4.69, 9.17) is 0 Å². The summed E-state index contributed by atoms with van der Waals surface area (Å²) < 4.78 is 0. The Morgan fingerprint density at radius 2 is 2.37 bits per heavy atom. The van der Waals surface area contributed by atoms with E-state index < -0.39 is 0 Å². The number of aromatic nitrogens is 2. The van der Waals surface area contributed by atoms with Crippen molar-refractivity contribution in [2.24, 2.45) is 5.92 Å². The van der Waals surface area contributed by atoms with Crippen molar-refractivity contribution in [3.05, 3.63) is 34.0 Å². The van der Waals surface area contributed by atoms with Crippen LogP contribution < -0.4 is 5.56 Å². The number of β-amino-alcohol motifs (C(OH)–C–C–N with tert-alkyl or cyclic N) is 1. The number of hydrogen-bond donors (Lipinski definition) is 2. The van der Waals surface area contributed by atoms with E-state index in [1.54, 1.807) is 0 Å². The van der Waals surface area contributed by atoms with Crippen LogP contribution in [-0.4, -0.2) is 45.7 Å². The van der Waals surface area contributed by atoms with Crippen molar-refractivity contribution >= 4 is 5.57 Å². The third kappa shape index (κ3) is 2.24. The van der Waals surface area contributed by atoms with Crippen molar-refractivity contribution in [2.75, 3.05) is 19.6 Å². The van der Waals surface area contributed by atoms with E-state index in [0.717, 1.165) is 36.3 Å². The summed E-state index contributed by atoms with van der Waals surface area (Å²) in [6.45, 7) is 4.53. The van der Waals surface area contributed by atoms with E-state index in [0.29, 0.717) is 18.9 Å². The minimum atomic E-state index is -0.224. The molecule has 1 aliphatic carbocycles. The Kier molecular flexibility index (Phi) is 3.24. The van der Waals surface area contributed by atoms with Crippen molar-refractivity contribution in [1.29, 1.82) is 0 Å². The molecule has 19 heavy (non-hydrogen) atoms. The molecule has 0 spiro atoms. The zero-order valence-corrected chi connectivity index (χ0v) is 11.1. The lowest BCUT2D eigenvalue weighted by Crippen LogP contribution is -2.24. The second-order valence-electron chi connectivity index (χ2n) is 5.42. The van der Waals surface area contributed by atoms with E-state index in [9.17, 15) is 9.90 Å². The number of aliphatic hydroxyl groups is 1. The van der Waals surface area contributed by atoms with Gasteiger partial charge in [0.25, 0.3) is 5.56 Å². The normalized spacial score (nSPS) is 26.5. The van der Waals surface area contributed by atoms with E-state index in [1.165, 1.54) is 6.33 Å². The quantitative estimate of drug-likeness (QED) is 0.827. The monoisotopic (exact) mass is 261 g/mol. The third-order valence-corrected chi connectivity index (χ3v) is 4.21. The zero-order chi connectivity index (χ0) is 13.4. The van der Waals surface area contributed by atoms with E-state index in [-0.39, 0.29) is 11.7 Å². The molecule has 0 bridgehead atoms. The SMILES string of the molecule is CC[C@H]1CN(CC2=CCc3c2nc[nH]c3=O)C[C@H]1O. The van der Waals surface area contributed by atoms with Crippen LogP contribution in [0.3, 0.4) is 0 Å². The molecule has 1 saturated heterocycles. The van der Waals surface area contributed by atoms with E-state index in [2.05, 4.69) is 27.9 Å². The highest BCUT2D eigenvalue weighted by Gasteiger charge is 2.31. The Hall–Kier alpha value is -1.46. The number of likely N-dealkylation sites (tertiary alicyclic amines) is 1. The minimum Gasteiger partial charge on any atom is -0.391 e. The first-order valence-corrected chi connectivity index (χ1v) is 6.85. The van der Waals surface area contributed by atoms with Gasteiger partial charge in [-0.05, 0) is 24.3 Å². The van der Waals surface area contributed by atoms with Crippen molar-refractivity contribution < 1.29 is 5.11 Å². The molecule has 0 saturated carbocycles. The summed E-state index contributed by atoms with van der Waals surface area (Å²) in [4.78, 5) is 20.8. The smallest absolute Gasteiger partial charge is 0.254 e. The molecule has 2 aliphatic rings. The van der Waals surface area contributed by atoms with Crippen LogP contribution in [0.15, 0.2) is 17.2 Å². The fourth-order valence-electron chi connectivity index (χ4n) is 3.07. The van der Waals surface area contributed by atoms with Crippen molar-refractivity contribution in [3.8, 4) is 0 Å². The molecule has 5 nitrogen and oxygen atoms in total. The Balaban J connectivity index is 1.74. The van der Waals surface area contributed by atoms with Gasteiger partial charge in [-0.3, -0.25) is 9.69 Å². The maximum Gasteiger partial charge on any atom is 0.254 e. The molecule has 1 aromatic heterocycles. The molecular weight excluding hydrogens is 242 g/mol. The second kappa shape index (κ2) is 4.90. The first-order chi connectivity index (χ1) is 9.19. The van der Waals surface area contributed by atoms with Crippen LogP contribution in [0, 0.1) is 5.92 Å². The maximum atomic E-state index is 11.7. The standard InChI is InChI=1S/C14H19N3O2/c1-2-9-5-17(7-12(9)18)6-10-3-4-11-13(10)15-8-16-14(11)19/h3,8-9,12,18H,2,4-7H2,1H3,(H,15,16,19)/t9-,12+/m0/s1. The van der Waals surface area contributed by atoms with Crippen LogP contribution in [0.4, 0.5) is 0 Å². The molecule has 5 heteroatoms. The van der Waals surface area contributed by atoms with Gasteiger partial charge in [0.15, 0.2) is 0 Å². The molecular formula is C14H19N3O2. The fourth-order valence-corrected chi connectivity index (χ4v) is 3.07. The van der Waals surface area contributed by atoms with Crippen LogP contribution in [0.2, 0.25) is 0 Å². The Morgan fingerprint density at radius 3 is 3.11 bits per heavy atom. The lowest BCUT2D eigenvalue weighted by atomic mass is 10.0. The van der Waals surface area contributed by atoms with Gasteiger partial charge in [-0.25, -0.2) is 4.98 Å². The van der Waals surface area contributed by atoms with Gasteiger partial charge in [0.2, 0.25) is 0 Å². The van der Waals surface area contributed by atoms with Gasteiger partial charge in [-0.1, -0.05) is 13.0 Å². The van der Waals surface area contributed by atoms with E-state index in [1.807, 2.05) is 0 Å². The molecule has 102 valence electrons. The summed E-state index contributed by atoms with van der Waals surface area (Å²) in [6.07, 6.45) is 5.00. The van der Waals surface area contributed by atoms with Gasteiger partial charge >= 0.3 is 0 Å². The lowest BCUT2D eigenvalue weighted by molar-refractivity contribution is 0.141. The van der Waals surface area contributed by atoms with Crippen molar-refractivity contribution in [1.82, 2.24) is 14.9 Å². The summed E-state index contributed by atoms with van der Waals surface area (Å²) in [5.74, 6) is 0.369. The summed E-state index contributed by atoms with van der Waals surface area (Å²) in [7, 11) is 0. The topological polar surface area (TPSA) is 69.2 Å². The predicted molar refractivity (Wildman–Crippen MR) is 72.8 cm³/mol. The zero-order valence-electron chi connectivity index (χ0n) is 11.1. The average Bonchev–Trinajstić information content (AvgIpc) is 2.95.